The van der Waals surface area contributed by atoms with Crippen LogP contribution in [0.1, 0.15) is 27.2 Å². The zero-order valence-electron chi connectivity index (χ0n) is 10.0. The lowest BCUT2D eigenvalue weighted by Gasteiger charge is -2.09. The number of aromatic nitrogens is 3. The van der Waals surface area contributed by atoms with E-state index in [1.165, 1.54) is 5.56 Å². The van der Waals surface area contributed by atoms with Crippen molar-refractivity contribution in [2.45, 2.75) is 20.8 Å². The summed E-state index contributed by atoms with van der Waals surface area (Å²) in [6, 6.07) is 4.09. The molecule has 0 spiro atoms. The minimum Gasteiger partial charge on any atom is -0.364 e. The second-order valence-corrected chi connectivity index (χ2v) is 4.16. The number of nitrogens with one attached hydrogen (secondary N) is 1. The molecule has 0 bridgehead atoms. The van der Waals surface area contributed by atoms with Crippen LogP contribution in [0.3, 0.4) is 0 Å². The van der Waals surface area contributed by atoms with Crippen molar-refractivity contribution in [3.05, 3.63) is 34.5 Å². The first-order valence-electron chi connectivity index (χ1n) is 5.29. The Labute approximate surface area is 99.0 Å². The van der Waals surface area contributed by atoms with Crippen LogP contribution >= 0.6 is 0 Å². The lowest BCUT2D eigenvalue weighted by molar-refractivity contribution is 0.0996. The number of nitrogens with two attached hydrogens (primary N) is 1. The topological polar surface area (TPSA) is 84.7 Å². The average Bonchev–Trinajstić information content (AvgIpc) is 2.64. The number of hydrogen-bond acceptors (Lipinski definition) is 3. The number of H-pyrrole nitrogens is 1. The molecule has 0 atom stereocenters. The molecule has 0 aliphatic carbocycles. The number of carbonyl (C=O) groups excluding carboxylic acids is 1. The number of hydrogen-bond donors (Lipinski definition) is 2. The van der Waals surface area contributed by atoms with Gasteiger partial charge in [-0.3, -0.25) is 4.79 Å². The van der Waals surface area contributed by atoms with Gasteiger partial charge in [0.15, 0.2) is 5.69 Å². The zero-order valence-corrected chi connectivity index (χ0v) is 10.0. The SMILES string of the molecule is Cc1cc(C)c(-c2n[nH]nc2C(N)=O)c(C)c1. The van der Waals surface area contributed by atoms with Gasteiger partial charge < -0.3 is 5.73 Å². The standard InChI is InChI=1S/C12H14N4O/c1-6-4-7(2)9(8(3)5-6)10-11(12(13)17)15-16-14-10/h4-5H,1-3H3,(H2,13,17)(H,14,15,16). The molecule has 2 rings (SSSR count). The fraction of sp³-hybridized carbons (Fsp3) is 0.250. The van der Waals surface area contributed by atoms with Crippen LogP contribution in [0.2, 0.25) is 0 Å². The van der Waals surface area contributed by atoms with Crippen molar-refractivity contribution in [2.24, 2.45) is 5.73 Å². The van der Waals surface area contributed by atoms with Gasteiger partial charge in [0.1, 0.15) is 5.69 Å². The predicted molar refractivity (Wildman–Crippen MR) is 64.5 cm³/mol. The fourth-order valence-electron chi connectivity index (χ4n) is 2.13. The molecule has 0 radical (unpaired) electrons. The van der Waals surface area contributed by atoms with Crippen LogP contribution < -0.4 is 5.73 Å². The maximum absolute atomic E-state index is 11.2. The summed E-state index contributed by atoms with van der Waals surface area (Å²) < 4.78 is 0. The Hall–Kier alpha value is -2.17. The molecule has 0 fully saturated rings. The highest BCUT2D eigenvalue weighted by molar-refractivity contribution is 5.97. The summed E-state index contributed by atoms with van der Waals surface area (Å²) in [7, 11) is 0. The zero-order chi connectivity index (χ0) is 12.6. The molecule has 0 saturated heterocycles. The van der Waals surface area contributed by atoms with Gasteiger partial charge in [-0.05, 0) is 31.9 Å². The molecule has 0 saturated carbocycles. The minimum absolute atomic E-state index is 0.181. The third kappa shape index (κ3) is 1.91. The molecule has 1 heterocycles. The quantitative estimate of drug-likeness (QED) is 0.819. The highest BCUT2D eigenvalue weighted by Crippen LogP contribution is 2.28. The van der Waals surface area contributed by atoms with Crippen LogP contribution in [-0.2, 0) is 0 Å². The Balaban J connectivity index is 2.69. The van der Waals surface area contributed by atoms with E-state index in [1.807, 2.05) is 32.9 Å². The summed E-state index contributed by atoms with van der Waals surface area (Å²) in [6.45, 7) is 5.99. The van der Waals surface area contributed by atoms with Gasteiger partial charge in [0.05, 0.1) is 0 Å². The molecule has 88 valence electrons. The first kappa shape index (κ1) is 11.3. The van der Waals surface area contributed by atoms with Crippen LogP contribution in [0.4, 0.5) is 0 Å². The van der Waals surface area contributed by atoms with E-state index in [0.717, 1.165) is 16.7 Å². The minimum atomic E-state index is -0.576. The van der Waals surface area contributed by atoms with Gasteiger partial charge in [-0.2, -0.15) is 15.4 Å². The maximum atomic E-state index is 11.2. The van der Waals surface area contributed by atoms with E-state index < -0.39 is 5.91 Å². The van der Waals surface area contributed by atoms with Gasteiger partial charge in [0.2, 0.25) is 0 Å². The third-order valence-corrected chi connectivity index (χ3v) is 2.70. The van der Waals surface area contributed by atoms with Gasteiger partial charge >= 0.3 is 0 Å². The molecule has 1 aromatic heterocycles. The Morgan fingerprint density at radius 2 is 1.76 bits per heavy atom. The van der Waals surface area contributed by atoms with Gasteiger partial charge in [-0.25, -0.2) is 0 Å². The molecule has 5 nitrogen and oxygen atoms in total. The Kier molecular flexibility index (Phi) is 2.67. The van der Waals surface area contributed by atoms with E-state index in [4.69, 9.17) is 5.73 Å². The molecular weight excluding hydrogens is 216 g/mol. The molecule has 1 aromatic carbocycles. The molecule has 5 heteroatoms. The summed E-state index contributed by atoms with van der Waals surface area (Å²) in [6.07, 6.45) is 0. The summed E-state index contributed by atoms with van der Waals surface area (Å²) in [5.41, 5.74) is 10.2. The largest absolute Gasteiger partial charge is 0.364 e. The van der Waals surface area contributed by atoms with Crippen LogP contribution in [0.25, 0.3) is 11.3 Å². The van der Waals surface area contributed by atoms with E-state index in [1.54, 1.807) is 0 Å². The van der Waals surface area contributed by atoms with E-state index in [-0.39, 0.29) is 5.69 Å². The third-order valence-electron chi connectivity index (χ3n) is 2.70. The number of rotatable bonds is 2. The summed E-state index contributed by atoms with van der Waals surface area (Å²) in [5, 5.41) is 10.3. The van der Waals surface area contributed by atoms with Crippen molar-refractivity contribution in [1.29, 1.82) is 0 Å². The molecule has 17 heavy (non-hydrogen) atoms. The second kappa shape index (κ2) is 4.01. The number of nitrogens with zero attached hydrogens (tertiary/aromatic N) is 2. The first-order valence-corrected chi connectivity index (χ1v) is 5.29. The van der Waals surface area contributed by atoms with Crippen molar-refractivity contribution in [3.8, 4) is 11.3 Å². The smallest absolute Gasteiger partial charge is 0.271 e. The lowest BCUT2D eigenvalue weighted by atomic mass is 9.96. The summed E-state index contributed by atoms with van der Waals surface area (Å²) in [4.78, 5) is 11.2. The molecule has 0 unspecified atom stereocenters. The first-order chi connectivity index (χ1) is 8.00. The highest BCUT2D eigenvalue weighted by atomic mass is 16.1. The Morgan fingerprint density at radius 3 is 2.29 bits per heavy atom. The van der Waals surface area contributed by atoms with Crippen molar-refractivity contribution < 1.29 is 4.79 Å². The molecule has 1 amide bonds. The van der Waals surface area contributed by atoms with Crippen molar-refractivity contribution in [2.75, 3.05) is 0 Å². The van der Waals surface area contributed by atoms with Gasteiger partial charge in [0, 0.05) is 5.56 Å². The van der Waals surface area contributed by atoms with E-state index in [9.17, 15) is 4.79 Å². The Morgan fingerprint density at radius 1 is 1.18 bits per heavy atom. The Bertz CT molecular complexity index is 563. The van der Waals surface area contributed by atoms with Crippen LogP contribution in [-0.4, -0.2) is 21.3 Å². The number of carbonyl (C=O) groups is 1. The second-order valence-electron chi connectivity index (χ2n) is 4.16. The van der Waals surface area contributed by atoms with E-state index in [0.29, 0.717) is 5.69 Å². The predicted octanol–water partition coefficient (Wildman–Crippen LogP) is 1.50. The van der Waals surface area contributed by atoms with Gasteiger partial charge in [-0.1, -0.05) is 17.7 Å². The number of primary amides is 1. The van der Waals surface area contributed by atoms with Crippen LogP contribution in [0, 0.1) is 20.8 Å². The van der Waals surface area contributed by atoms with Crippen molar-refractivity contribution in [1.82, 2.24) is 15.4 Å². The number of benzene rings is 1. The normalized spacial score (nSPS) is 10.5. The van der Waals surface area contributed by atoms with Crippen molar-refractivity contribution >= 4 is 5.91 Å². The molecular formula is C12H14N4O. The molecule has 3 N–H and O–H groups in total. The number of aryl methyl sites for hydroxylation is 3. The van der Waals surface area contributed by atoms with Crippen LogP contribution in [0.15, 0.2) is 12.1 Å². The number of amides is 1. The highest BCUT2D eigenvalue weighted by Gasteiger charge is 2.18. The molecule has 0 aliphatic heterocycles. The average molecular weight is 230 g/mol. The molecule has 0 aliphatic rings. The summed E-state index contributed by atoms with van der Waals surface area (Å²) in [5.74, 6) is -0.576. The molecule has 2 aromatic rings. The summed E-state index contributed by atoms with van der Waals surface area (Å²) >= 11 is 0. The lowest BCUT2D eigenvalue weighted by Crippen LogP contribution is -2.13. The van der Waals surface area contributed by atoms with Crippen LogP contribution in [0.5, 0.6) is 0 Å². The fourth-order valence-corrected chi connectivity index (χ4v) is 2.13. The van der Waals surface area contributed by atoms with Gasteiger partial charge in [0.25, 0.3) is 5.91 Å². The monoisotopic (exact) mass is 230 g/mol. The maximum Gasteiger partial charge on any atom is 0.271 e. The number of aromatic amines is 1. The van der Waals surface area contributed by atoms with E-state index >= 15 is 0 Å². The van der Waals surface area contributed by atoms with Crippen molar-refractivity contribution in [3.63, 3.8) is 0 Å². The van der Waals surface area contributed by atoms with Gasteiger partial charge in [-0.15, -0.1) is 0 Å². The van der Waals surface area contributed by atoms with E-state index in [2.05, 4.69) is 15.4 Å².